The predicted molar refractivity (Wildman–Crippen MR) is 115 cm³/mol. The van der Waals surface area contributed by atoms with Crippen molar-refractivity contribution in [3.63, 3.8) is 0 Å². The fourth-order valence-electron chi connectivity index (χ4n) is 3.59. The Hall–Kier alpha value is -3.27. The van der Waals surface area contributed by atoms with Crippen molar-refractivity contribution in [1.82, 2.24) is 10.2 Å². The van der Waals surface area contributed by atoms with Crippen LogP contribution in [0.5, 0.6) is 5.75 Å². The maximum absolute atomic E-state index is 12.4. The first-order valence-electron chi connectivity index (χ1n) is 10.3. The normalized spacial score (nSPS) is 16.4. The molecule has 3 rings (SSSR count). The minimum atomic E-state index is -4.78. The lowest BCUT2D eigenvalue weighted by atomic mass is 10.1. The van der Waals surface area contributed by atoms with E-state index >= 15 is 0 Å². The van der Waals surface area contributed by atoms with Gasteiger partial charge in [0.2, 0.25) is 0 Å². The molecular weight excluding hydrogens is 425 g/mol. The summed E-state index contributed by atoms with van der Waals surface area (Å²) < 4.78 is 40.3. The van der Waals surface area contributed by atoms with Crippen molar-refractivity contribution >= 4 is 23.3 Å². The average molecular weight is 450 g/mol. The number of hydrogen-bond acceptors (Lipinski definition) is 4. The highest BCUT2D eigenvalue weighted by Crippen LogP contribution is 2.24. The summed E-state index contributed by atoms with van der Waals surface area (Å²) in [5.74, 6) is -0.558. The third kappa shape index (κ3) is 6.88. The molecule has 3 amide bonds. The Kier molecular flexibility index (Phi) is 7.57. The van der Waals surface area contributed by atoms with E-state index in [4.69, 9.17) is 0 Å². The Bertz CT molecular complexity index is 918. The molecule has 1 unspecified atom stereocenters. The minimum absolute atomic E-state index is 0.176. The zero-order valence-corrected chi connectivity index (χ0v) is 17.5. The molecule has 32 heavy (non-hydrogen) atoms. The summed E-state index contributed by atoms with van der Waals surface area (Å²) in [5, 5.41) is 8.06. The van der Waals surface area contributed by atoms with Gasteiger partial charge in [0.25, 0.3) is 5.91 Å². The molecule has 1 fully saturated rings. The van der Waals surface area contributed by atoms with Gasteiger partial charge in [-0.1, -0.05) is 6.92 Å². The van der Waals surface area contributed by atoms with Gasteiger partial charge in [-0.2, -0.15) is 0 Å². The first-order valence-corrected chi connectivity index (χ1v) is 10.3. The molecule has 3 N–H and O–H groups in total. The van der Waals surface area contributed by atoms with Gasteiger partial charge in [-0.3, -0.25) is 9.69 Å². The average Bonchev–Trinajstić information content (AvgIpc) is 3.20. The molecule has 7 nitrogen and oxygen atoms in total. The van der Waals surface area contributed by atoms with Crippen molar-refractivity contribution in [3.8, 4) is 5.75 Å². The molecule has 10 heteroatoms. The van der Waals surface area contributed by atoms with Crippen molar-refractivity contribution in [2.75, 3.05) is 30.3 Å². The van der Waals surface area contributed by atoms with E-state index in [9.17, 15) is 22.8 Å². The molecule has 0 radical (unpaired) electrons. The van der Waals surface area contributed by atoms with Gasteiger partial charge in [-0.15, -0.1) is 13.2 Å². The zero-order chi connectivity index (χ0) is 23.1. The number of amides is 3. The number of benzene rings is 2. The molecule has 1 aliphatic heterocycles. The quantitative estimate of drug-likeness (QED) is 0.582. The summed E-state index contributed by atoms with van der Waals surface area (Å²) in [6, 6.07) is 11.0. The van der Waals surface area contributed by atoms with Crippen LogP contribution >= 0.6 is 0 Å². The summed E-state index contributed by atoms with van der Waals surface area (Å²) in [5.41, 5.74) is 1.24. The maximum atomic E-state index is 12.4. The van der Waals surface area contributed by atoms with E-state index in [1.54, 1.807) is 24.3 Å². The number of alkyl halides is 3. The van der Waals surface area contributed by atoms with Crippen molar-refractivity contribution in [3.05, 3.63) is 54.1 Å². The fraction of sp³-hybridized carbons (Fsp3) is 0.364. The molecule has 2 aromatic rings. The number of carbonyl (C=O) groups is 2. The number of urea groups is 1. The topological polar surface area (TPSA) is 82.7 Å². The van der Waals surface area contributed by atoms with Gasteiger partial charge in [0, 0.05) is 29.5 Å². The van der Waals surface area contributed by atoms with Gasteiger partial charge in [0.05, 0.1) is 0 Å². The SMILES string of the molecule is CCN1CCCC1CNC(=O)c1ccc(NC(=O)Nc2ccc(OC(F)(F)F)cc2)cc1. The lowest BCUT2D eigenvalue weighted by Crippen LogP contribution is -2.40. The van der Waals surface area contributed by atoms with Crippen LogP contribution in [0.1, 0.15) is 30.1 Å². The van der Waals surface area contributed by atoms with E-state index in [1.807, 2.05) is 0 Å². The highest BCUT2D eigenvalue weighted by molar-refractivity contribution is 6.00. The molecule has 1 aliphatic rings. The Balaban J connectivity index is 1.47. The first-order chi connectivity index (χ1) is 15.2. The molecule has 0 bridgehead atoms. The van der Waals surface area contributed by atoms with Crippen LogP contribution in [-0.2, 0) is 0 Å². The molecule has 1 atom stereocenters. The Morgan fingerprint density at radius 1 is 1.03 bits per heavy atom. The van der Waals surface area contributed by atoms with Crippen molar-refractivity contribution < 1.29 is 27.5 Å². The van der Waals surface area contributed by atoms with Crippen LogP contribution in [0.25, 0.3) is 0 Å². The molecule has 0 spiro atoms. The highest BCUT2D eigenvalue weighted by Gasteiger charge is 2.31. The van der Waals surface area contributed by atoms with Crippen LogP contribution in [0.2, 0.25) is 0 Å². The Morgan fingerprint density at radius 2 is 1.62 bits per heavy atom. The lowest BCUT2D eigenvalue weighted by molar-refractivity contribution is -0.274. The second-order valence-electron chi connectivity index (χ2n) is 7.36. The van der Waals surface area contributed by atoms with Gasteiger partial charge < -0.3 is 20.7 Å². The van der Waals surface area contributed by atoms with Gasteiger partial charge in [-0.25, -0.2) is 4.79 Å². The first kappa shape index (κ1) is 23.4. The van der Waals surface area contributed by atoms with Gasteiger partial charge in [0.1, 0.15) is 5.75 Å². The molecule has 0 aliphatic carbocycles. The fourth-order valence-corrected chi connectivity index (χ4v) is 3.59. The van der Waals surface area contributed by atoms with Crippen molar-refractivity contribution in [1.29, 1.82) is 0 Å². The number of hydrogen-bond donors (Lipinski definition) is 3. The summed E-state index contributed by atoms with van der Waals surface area (Å²) >= 11 is 0. The number of ether oxygens (including phenoxy) is 1. The molecule has 2 aromatic carbocycles. The number of carbonyl (C=O) groups excluding carboxylic acids is 2. The number of likely N-dealkylation sites (N-methyl/N-ethyl adjacent to an activating group) is 1. The highest BCUT2D eigenvalue weighted by atomic mass is 19.4. The van der Waals surface area contributed by atoms with Gasteiger partial charge in [0.15, 0.2) is 0 Å². The summed E-state index contributed by atoms with van der Waals surface area (Å²) in [6.07, 6.45) is -2.56. The number of nitrogens with one attached hydrogen (secondary N) is 3. The van der Waals surface area contributed by atoms with Crippen LogP contribution in [0.15, 0.2) is 48.5 Å². The zero-order valence-electron chi connectivity index (χ0n) is 17.5. The molecule has 172 valence electrons. The van der Waals surface area contributed by atoms with Crippen molar-refractivity contribution in [2.24, 2.45) is 0 Å². The molecule has 1 heterocycles. The number of anilines is 2. The van der Waals surface area contributed by atoms with E-state index in [0.29, 0.717) is 29.5 Å². The summed E-state index contributed by atoms with van der Waals surface area (Å²) in [6.45, 7) is 4.74. The second-order valence-corrected chi connectivity index (χ2v) is 7.36. The standard InChI is InChI=1S/C22H25F3N4O3/c1-2-29-13-3-4-18(29)14-26-20(30)15-5-7-16(8-6-15)27-21(31)28-17-9-11-19(12-10-17)32-22(23,24)25/h5-12,18H,2-4,13-14H2,1H3,(H,26,30)(H2,27,28,31). The van der Waals surface area contributed by atoms with Crippen LogP contribution in [0.4, 0.5) is 29.3 Å². The number of halogens is 3. The van der Waals surface area contributed by atoms with Crippen LogP contribution in [-0.4, -0.2) is 48.9 Å². The predicted octanol–water partition coefficient (Wildman–Crippen LogP) is 4.44. The maximum Gasteiger partial charge on any atom is 0.573 e. The minimum Gasteiger partial charge on any atom is -0.406 e. The summed E-state index contributed by atoms with van der Waals surface area (Å²) in [7, 11) is 0. The largest absolute Gasteiger partial charge is 0.573 e. The smallest absolute Gasteiger partial charge is 0.406 e. The van der Waals surface area contributed by atoms with Crippen LogP contribution in [0, 0.1) is 0 Å². The number of rotatable bonds is 7. The number of nitrogens with zero attached hydrogens (tertiary/aromatic N) is 1. The van der Waals surface area contributed by atoms with E-state index in [-0.39, 0.29) is 11.7 Å². The Morgan fingerprint density at radius 3 is 2.19 bits per heavy atom. The molecular formula is C22H25F3N4O3. The lowest BCUT2D eigenvalue weighted by Gasteiger charge is -2.22. The van der Waals surface area contributed by atoms with Crippen molar-refractivity contribution in [2.45, 2.75) is 32.2 Å². The monoisotopic (exact) mass is 450 g/mol. The molecule has 0 saturated carbocycles. The van der Waals surface area contributed by atoms with Gasteiger partial charge in [-0.05, 0) is 74.5 Å². The van der Waals surface area contributed by atoms with Crippen LogP contribution in [0.3, 0.4) is 0 Å². The van der Waals surface area contributed by atoms with E-state index in [1.165, 1.54) is 12.1 Å². The van der Waals surface area contributed by atoms with E-state index in [0.717, 1.165) is 38.1 Å². The van der Waals surface area contributed by atoms with E-state index in [2.05, 4.69) is 32.5 Å². The third-order valence-corrected chi connectivity index (χ3v) is 5.15. The summed E-state index contributed by atoms with van der Waals surface area (Å²) in [4.78, 5) is 26.8. The second kappa shape index (κ2) is 10.4. The molecule has 0 aromatic heterocycles. The van der Waals surface area contributed by atoms with E-state index < -0.39 is 12.4 Å². The molecule has 1 saturated heterocycles. The van der Waals surface area contributed by atoms with Crippen LogP contribution < -0.4 is 20.7 Å². The Labute approximate surface area is 183 Å². The number of likely N-dealkylation sites (tertiary alicyclic amines) is 1. The third-order valence-electron chi connectivity index (χ3n) is 5.15. The van der Waals surface area contributed by atoms with Gasteiger partial charge >= 0.3 is 12.4 Å².